The second-order valence-electron chi connectivity index (χ2n) is 6.58. The number of rotatable bonds is 4. The van der Waals surface area contributed by atoms with Gasteiger partial charge in [0.2, 0.25) is 0 Å². The van der Waals surface area contributed by atoms with E-state index < -0.39 is 11.9 Å². The van der Waals surface area contributed by atoms with Crippen molar-refractivity contribution in [2.45, 2.75) is 32.6 Å². The van der Waals surface area contributed by atoms with Gasteiger partial charge in [0.15, 0.2) is 0 Å². The summed E-state index contributed by atoms with van der Waals surface area (Å²) in [6.07, 6.45) is 0.201. The molecule has 146 valence electrons. The molecular formula is C18H15ClF3N5Se. The van der Waals surface area contributed by atoms with Gasteiger partial charge in [-0.3, -0.25) is 0 Å². The van der Waals surface area contributed by atoms with Crippen LogP contribution >= 0.6 is 11.6 Å². The molecule has 0 bridgehead atoms. The molecular weight excluding hydrogens is 458 g/mol. The van der Waals surface area contributed by atoms with Crippen LogP contribution in [-0.2, 0) is 12.7 Å². The third-order valence-corrected chi connectivity index (χ3v) is 6.68. The molecule has 0 saturated heterocycles. The predicted octanol–water partition coefficient (Wildman–Crippen LogP) is 4.65. The van der Waals surface area contributed by atoms with Crippen LogP contribution < -0.4 is 0 Å². The van der Waals surface area contributed by atoms with Gasteiger partial charge in [0.1, 0.15) is 0 Å². The predicted molar refractivity (Wildman–Crippen MR) is 102 cm³/mol. The van der Waals surface area contributed by atoms with Crippen molar-refractivity contribution in [3.05, 3.63) is 52.2 Å². The summed E-state index contributed by atoms with van der Waals surface area (Å²) in [5.74, 6) is 0.385. The molecule has 0 spiro atoms. The van der Waals surface area contributed by atoms with Gasteiger partial charge >= 0.3 is 169 Å². The van der Waals surface area contributed by atoms with Crippen LogP contribution in [0.1, 0.15) is 30.0 Å². The van der Waals surface area contributed by atoms with Crippen molar-refractivity contribution in [3.8, 4) is 10.3 Å². The van der Waals surface area contributed by atoms with Gasteiger partial charge in [-0.1, -0.05) is 0 Å². The molecule has 0 radical (unpaired) electrons. The zero-order valence-electron chi connectivity index (χ0n) is 14.9. The van der Waals surface area contributed by atoms with Crippen molar-refractivity contribution in [3.63, 3.8) is 0 Å². The molecule has 4 rings (SSSR count). The van der Waals surface area contributed by atoms with Gasteiger partial charge in [-0.25, -0.2) is 0 Å². The van der Waals surface area contributed by atoms with E-state index >= 15 is 0 Å². The standard InChI is InChI=1S/C18H15ClF3N5Se/c1-10(2)27-9-14(18(20,21)22)24-16(27)13-4-3-12(28-13)8-26-6-5-11-7-23-17(19)25-15(11)26/h3-7,9-10H,8H2,1-2H3. The van der Waals surface area contributed by atoms with Crippen LogP contribution in [0.3, 0.4) is 0 Å². The van der Waals surface area contributed by atoms with E-state index in [4.69, 9.17) is 11.6 Å². The molecule has 0 aliphatic carbocycles. The van der Waals surface area contributed by atoms with Gasteiger partial charge in [0.05, 0.1) is 0 Å². The number of aromatic nitrogens is 5. The number of hydrogen-bond acceptors (Lipinski definition) is 3. The van der Waals surface area contributed by atoms with Gasteiger partial charge < -0.3 is 0 Å². The number of fused-ring (bicyclic) bond motifs is 1. The summed E-state index contributed by atoms with van der Waals surface area (Å²) >= 11 is 5.76. The van der Waals surface area contributed by atoms with Crippen LogP contribution in [0, 0.1) is 0 Å². The molecule has 4 aromatic heterocycles. The molecule has 0 fully saturated rings. The monoisotopic (exact) mass is 473 g/mol. The Bertz CT molecular complexity index is 1140. The summed E-state index contributed by atoms with van der Waals surface area (Å²) in [7, 11) is 0. The zero-order valence-corrected chi connectivity index (χ0v) is 17.4. The molecule has 0 amide bonds. The second-order valence-corrected chi connectivity index (χ2v) is 9.37. The van der Waals surface area contributed by atoms with Crippen LogP contribution in [0.4, 0.5) is 13.2 Å². The molecule has 0 aliphatic rings. The molecule has 5 nitrogen and oxygen atoms in total. The first-order valence-electron chi connectivity index (χ1n) is 8.45. The van der Waals surface area contributed by atoms with Crippen LogP contribution in [0.15, 0.2) is 36.8 Å². The van der Waals surface area contributed by atoms with Crippen LogP contribution in [0.2, 0.25) is 5.28 Å². The summed E-state index contributed by atoms with van der Waals surface area (Å²) in [6.45, 7) is 4.28. The van der Waals surface area contributed by atoms with Crippen LogP contribution in [0.25, 0.3) is 21.3 Å². The summed E-state index contributed by atoms with van der Waals surface area (Å²) in [5, 5.41) is 1.06. The third-order valence-electron chi connectivity index (χ3n) is 4.26. The maximum absolute atomic E-state index is 13.1. The van der Waals surface area contributed by atoms with E-state index in [2.05, 4.69) is 15.0 Å². The Kier molecular flexibility index (Phi) is 4.85. The number of alkyl halides is 3. The van der Waals surface area contributed by atoms with Crippen molar-refractivity contribution in [1.29, 1.82) is 0 Å². The maximum atomic E-state index is 13.1. The number of nitrogens with zero attached hydrogens (tertiary/aromatic N) is 5. The van der Waals surface area contributed by atoms with Crippen molar-refractivity contribution in [2.75, 3.05) is 0 Å². The molecule has 10 heteroatoms. The average molecular weight is 473 g/mol. The summed E-state index contributed by atoms with van der Waals surface area (Å²) < 4.78 is 44.8. The van der Waals surface area contributed by atoms with E-state index in [0.717, 1.165) is 26.1 Å². The van der Waals surface area contributed by atoms with E-state index in [0.29, 0.717) is 12.4 Å². The first-order valence-corrected chi connectivity index (χ1v) is 10.5. The Hall–Kier alpha value is -2.09. The van der Waals surface area contributed by atoms with Gasteiger partial charge in [0.25, 0.3) is 0 Å². The van der Waals surface area contributed by atoms with E-state index in [1.807, 2.05) is 42.8 Å². The molecule has 0 unspecified atom stereocenters. The number of imidazole rings is 1. The molecule has 4 heterocycles. The van der Waals surface area contributed by atoms with Crippen molar-refractivity contribution in [2.24, 2.45) is 0 Å². The van der Waals surface area contributed by atoms with Crippen molar-refractivity contribution in [1.82, 2.24) is 24.1 Å². The Labute approximate surface area is 169 Å². The van der Waals surface area contributed by atoms with E-state index in [1.165, 1.54) is 0 Å². The average Bonchev–Trinajstić information content (AvgIpc) is 3.32. The zero-order chi connectivity index (χ0) is 20.1. The fourth-order valence-electron chi connectivity index (χ4n) is 2.93. The Morgan fingerprint density at radius 1 is 1.18 bits per heavy atom. The first kappa shape index (κ1) is 19.2. The first-order chi connectivity index (χ1) is 13.2. The molecule has 0 N–H and O–H groups in total. The summed E-state index contributed by atoms with van der Waals surface area (Å²) in [5.41, 5.74) is -0.128. The number of hydrogen-bond donors (Lipinski definition) is 0. The Morgan fingerprint density at radius 2 is 1.96 bits per heavy atom. The molecule has 4 aromatic rings. The normalized spacial score (nSPS) is 12.4. The fraction of sp³-hybridized carbons (Fsp3) is 0.278. The van der Waals surface area contributed by atoms with Gasteiger partial charge in [0, 0.05) is 0 Å². The number of halogens is 4. The second kappa shape index (κ2) is 7.06. The van der Waals surface area contributed by atoms with Crippen LogP contribution in [0.5, 0.6) is 0 Å². The Balaban J connectivity index is 1.68. The fourth-order valence-corrected chi connectivity index (χ4v) is 5.16. The van der Waals surface area contributed by atoms with E-state index in [9.17, 15) is 13.2 Å². The van der Waals surface area contributed by atoms with Crippen LogP contribution in [-0.4, -0.2) is 38.6 Å². The summed E-state index contributed by atoms with van der Waals surface area (Å²) in [4.78, 5) is 12.1. The van der Waals surface area contributed by atoms with Gasteiger partial charge in [-0.15, -0.1) is 0 Å². The van der Waals surface area contributed by atoms with Crippen molar-refractivity contribution < 1.29 is 13.2 Å². The minimum absolute atomic E-state index is 0.119. The minimum atomic E-state index is -4.46. The van der Waals surface area contributed by atoms with Gasteiger partial charge in [-0.2, -0.15) is 0 Å². The van der Waals surface area contributed by atoms with Gasteiger partial charge in [-0.05, 0) is 0 Å². The van der Waals surface area contributed by atoms with E-state index in [1.54, 1.807) is 10.8 Å². The molecule has 0 aromatic carbocycles. The topological polar surface area (TPSA) is 48.5 Å². The molecule has 0 atom stereocenters. The third kappa shape index (κ3) is 3.62. The Morgan fingerprint density at radius 3 is 2.68 bits per heavy atom. The molecule has 28 heavy (non-hydrogen) atoms. The SMILES string of the molecule is CC(C)n1cc(C(F)(F)F)nc1-c1ccc(Cn2ccc3cnc(Cl)nc32)[se]1. The quantitative estimate of drug-likeness (QED) is 0.321. The van der Waals surface area contributed by atoms with E-state index in [-0.39, 0.29) is 25.8 Å². The molecule has 0 aliphatic heterocycles. The van der Waals surface area contributed by atoms with Crippen molar-refractivity contribution >= 4 is 37.1 Å². The summed E-state index contributed by atoms with van der Waals surface area (Å²) in [6, 6.07) is 5.61. The molecule has 0 saturated carbocycles.